The van der Waals surface area contributed by atoms with Gasteiger partial charge >= 0.3 is 0 Å². The second kappa shape index (κ2) is 3.93. The molecule has 1 aromatic carbocycles. The lowest BCUT2D eigenvalue weighted by molar-refractivity contribution is 0.101. The average molecular weight is 214 g/mol. The zero-order valence-corrected chi connectivity index (χ0v) is 9.66. The predicted octanol–water partition coefficient (Wildman–Crippen LogP) is 2.90. The maximum absolute atomic E-state index is 11.3. The molecule has 3 heteroatoms. The number of rotatable bonds is 2. The van der Waals surface area contributed by atoms with Crippen LogP contribution in [0.2, 0.25) is 0 Å². The number of hydrogen-bond donors (Lipinski definition) is 1. The van der Waals surface area contributed by atoms with Crippen molar-refractivity contribution in [3.05, 3.63) is 41.2 Å². The van der Waals surface area contributed by atoms with Crippen LogP contribution >= 0.6 is 0 Å². The monoisotopic (exact) mass is 214 g/mol. The standard InChI is InChI=1S/C13H14N2O/c1-8-4-6-11(7-5-8)13-14-9(2)12(15-13)10(3)16/h4-7H,1-3H3,(H,14,15). The first-order chi connectivity index (χ1) is 7.58. The largest absolute Gasteiger partial charge is 0.341 e. The molecule has 1 aromatic heterocycles. The van der Waals surface area contributed by atoms with Crippen molar-refractivity contribution >= 4 is 5.78 Å². The minimum Gasteiger partial charge on any atom is -0.341 e. The number of benzene rings is 1. The number of aromatic amines is 1. The Hall–Kier alpha value is -1.90. The van der Waals surface area contributed by atoms with Crippen LogP contribution in [0.15, 0.2) is 24.3 Å². The van der Waals surface area contributed by atoms with E-state index in [4.69, 9.17) is 0 Å². The topological polar surface area (TPSA) is 45.8 Å². The first-order valence-electron chi connectivity index (χ1n) is 5.22. The zero-order valence-electron chi connectivity index (χ0n) is 9.66. The van der Waals surface area contributed by atoms with Crippen LogP contribution in [0, 0.1) is 13.8 Å². The molecule has 0 spiro atoms. The van der Waals surface area contributed by atoms with E-state index in [1.54, 1.807) is 0 Å². The van der Waals surface area contributed by atoms with E-state index >= 15 is 0 Å². The lowest BCUT2D eigenvalue weighted by Gasteiger charge is -1.96. The van der Waals surface area contributed by atoms with E-state index in [0.29, 0.717) is 5.69 Å². The molecule has 0 unspecified atom stereocenters. The predicted molar refractivity (Wildman–Crippen MR) is 63.5 cm³/mol. The number of carbonyl (C=O) groups is 1. The smallest absolute Gasteiger partial charge is 0.179 e. The Kier molecular flexibility index (Phi) is 2.60. The highest BCUT2D eigenvalue weighted by Gasteiger charge is 2.11. The van der Waals surface area contributed by atoms with Gasteiger partial charge in [0, 0.05) is 18.2 Å². The van der Waals surface area contributed by atoms with Crippen molar-refractivity contribution in [2.24, 2.45) is 0 Å². The molecule has 0 saturated carbocycles. The maximum atomic E-state index is 11.3. The molecule has 2 aromatic rings. The molecule has 0 aliphatic heterocycles. The highest BCUT2D eigenvalue weighted by molar-refractivity contribution is 5.93. The summed E-state index contributed by atoms with van der Waals surface area (Å²) >= 11 is 0. The molecule has 1 N–H and O–H groups in total. The Bertz CT molecular complexity index is 523. The third kappa shape index (κ3) is 1.89. The van der Waals surface area contributed by atoms with E-state index in [9.17, 15) is 4.79 Å². The third-order valence-electron chi connectivity index (χ3n) is 2.54. The first-order valence-corrected chi connectivity index (χ1v) is 5.22. The Labute approximate surface area is 94.5 Å². The van der Waals surface area contributed by atoms with E-state index in [0.717, 1.165) is 17.1 Å². The fourth-order valence-corrected chi connectivity index (χ4v) is 1.65. The third-order valence-corrected chi connectivity index (χ3v) is 2.54. The number of nitrogens with one attached hydrogen (secondary N) is 1. The van der Waals surface area contributed by atoms with Gasteiger partial charge in [-0.05, 0) is 13.8 Å². The molecule has 0 radical (unpaired) electrons. The molecule has 0 aliphatic carbocycles. The Morgan fingerprint density at radius 1 is 1.19 bits per heavy atom. The highest BCUT2D eigenvalue weighted by atomic mass is 16.1. The van der Waals surface area contributed by atoms with Crippen LogP contribution in [0.4, 0.5) is 0 Å². The van der Waals surface area contributed by atoms with E-state index in [-0.39, 0.29) is 5.78 Å². The Morgan fingerprint density at radius 2 is 1.81 bits per heavy atom. The van der Waals surface area contributed by atoms with E-state index in [2.05, 4.69) is 9.97 Å². The van der Waals surface area contributed by atoms with Crippen molar-refractivity contribution in [2.75, 3.05) is 0 Å². The average Bonchev–Trinajstić information content (AvgIpc) is 2.61. The molecule has 0 bridgehead atoms. The summed E-state index contributed by atoms with van der Waals surface area (Å²) in [6.45, 7) is 5.43. The molecule has 16 heavy (non-hydrogen) atoms. The van der Waals surface area contributed by atoms with Gasteiger partial charge in [0.05, 0.1) is 0 Å². The summed E-state index contributed by atoms with van der Waals surface area (Å²) in [6, 6.07) is 8.05. The number of aryl methyl sites for hydroxylation is 2. The Morgan fingerprint density at radius 3 is 2.31 bits per heavy atom. The molecule has 0 amide bonds. The fraction of sp³-hybridized carbons (Fsp3) is 0.231. The Balaban J connectivity index is 2.45. The summed E-state index contributed by atoms with van der Waals surface area (Å²) in [5.74, 6) is 0.745. The minimum absolute atomic E-state index is 0.00730. The summed E-state index contributed by atoms with van der Waals surface area (Å²) < 4.78 is 0. The van der Waals surface area contributed by atoms with Gasteiger partial charge in [0.2, 0.25) is 0 Å². The van der Waals surface area contributed by atoms with Crippen molar-refractivity contribution in [3.63, 3.8) is 0 Å². The summed E-state index contributed by atoms with van der Waals surface area (Å²) in [6.07, 6.45) is 0. The molecule has 3 nitrogen and oxygen atoms in total. The van der Waals surface area contributed by atoms with Crippen LogP contribution < -0.4 is 0 Å². The minimum atomic E-state index is -0.00730. The van der Waals surface area contributed by atoms with Crippen molar-refractivity contribution in [3.8, 4) is 11.4 Å². The number of carbonyl (C=O) groups excluding carboxylic acids is 1. The number of Topliss-reactive ketones (excluding diaryl/α,β-unsaturated/α-hetero) is 1. The SMILES string of the molecule is CC(=O)c1nc(-c2ccc(C)cc2)[nH]c1C. The lowest BCUT2D eigenvalue weighted by atomic mass is 10.1. The van der Waals surface area contributed by atoms with E-state index in [1.807, 2.05) is 38.1 Å². The molecular weight excluding hydrogens is 200 g/mol. The van der Waals surface area contributed by atoms with Gasteiger partial charge in [-0.15, -0.1) is 0 Å². The number of H-pyrrole nitrogens is 1. The van der Waals surface area contributed by atoms with Gasteiger partial charge in [-0.25, -0.2) is 4.98 Å². The summed E-state index contributed by atoms with van der Waals surface area (Å²) in [5.41, 5.74) is 3.55. The molecular formula is C13H14N2O. The van der Waals surface area contributed by atoms with Gasteiger partial charge in [0.15, 0.2) is 5.78 Å². The van der Waals surface area contributed by atoms with Gasteiger partial charge in [0.25, 0.3) is 0 Å². The molecule has 0 aliphatic rings. The molecule has 0 fully saturated rings. The fourth-order valence-electron chi connectivity index (χ4n) is 1.65. The summed E-state index contributed by atoms with van der Waals surface area (Å²) in [5, 5.41) is 0. The number of hydrogen-bond acceptors (Lipinski definition) is 2. The molecule has 82 valence electrons. The molecule has 1 heterocycles. The van der Waals surface area contributed by atoms with Gasteiger partial charge in [0.1, 0.15) is 11.5 Å². The number of nitrogens with zero attached hydrogens (tertiary/aromatic N) is 1. The highest BCUT2D eigenvalue weighted by Crippen LogP contribution is 2.18. The van der Waals surface area contributed by atoms with Crippen LogP contribution in [-0.4, -0.2) is 15.8 Å². The normalized spacial score (nSPS) is 10.4. The zero-order chi connectivity index (χ0) is 11.7. The van der Waals surface area contributed by atoms with Gasteiger partial charge in [-0.1, -0.05) is 29.8 Å². The summed E-state index contributed by atoms with van der Waals surface area (Å²) in [7, 11) is 0. The number of imidazole rings is 1. The van der Waals surface area contributed by atoms with E-state index < -0.39 is 0 Å². The molecule has 0 atom stereocenters. The first kappa shape index (κ1) is 10.6. The van der Waals surface area contributed by atoms with Crippen LogP contribution in [0.3, 0.4) is 0 Å². The van der Waals surface area contributed by atoms with Crippen LogP contribution in [0.5, 0.6) is 0 Å². The van der Waals surface area contributed by atoms with Gasteiger partial charge < -0.3 is 4.98 Å². The second-order valence-corrected chi connectivity index (χ2v) is 3.98. The number of aromatic nitrogens is 2. The van der Waals surface area contributed by atoms with Crippen LogP contribution in [0.1, 0.15) is 28.7 Å². The van der Waals surface area contributed by atoms with Crippen LogP contribution in [-0.2, 0) is 0 Å². The van der Waals surface area contributed by atoms with Crippen molar-refractivity contribution < 1.29 is 4.79 Å². The number of ketones is 1. The lowest BCUT2D eigenvalue weighted by Crippen LogP contribution is -1.94. The van der Waals surface area contributed by atoms with Gasteiger partial charge in [-0.2, -0.15) is 0 Å². The molecule has 0 saturated heterocycles. The van der Waals surface area contributed by atoms with Crippen LogP contribution in [0.25, 0.3) is 11.4 Å². The van der Waals surface area contributed by atoms with Crippen molar-refractivity contribution in [2.45, 2.75) is 20.8 Å². The van der Waals surface area contributed by atoms with Gasteiger partial charge in [-0.3, -0.25) is 4.79 Å². The maximum Gasteiger partial charge on any atom is 0.179 e. The second-order valence-electron chi connectivity index (χ2n) is 3.98. The summed E-state index contributed by atoms with van der Waals surface area (Å²) in [4.78, 5) is 18.7. The van der Waals surface area contributed by atoms with Crippen molar-refractivity contribution in [1.82, 2.24) is 9.97 Å². The van der Waals surface area contributed by atoms with E-state index in [1.165, 1.54) is 12.5 Å². The molecule has 2 rings (SSSR count). The van der Waals surface area contributed by atoms with Crippen molar-refractivity contribution in [1.29, 1.82) is 0 Å². The quantitative estimate of drug-likeness (QED) is 0.781.